The van der Waals surface area contributed by atoms with Crippen LogP contribution >= 0.6 is 0 Å². The molecule has 2 N–H and O–H groups in total. The average Bonchev–Trinajstić information content (AvgIpc) is 2.95. The number of carbonyl (C=O) groups excluding carboxylic acids is 2. The topological polar surface area (TPSA) is 93.1 Å². The van der Waals surface area contributed by atoms with E-state index in [1.807, 2.05) is 0 Å². The molecule has 1 spiro atoms. The van der Waals surface area contributed by atoms with Gasteiger partial charge in [0.15, 0.2) is 11.9 Å². The Morgan fingerprint density at radius 3 is 2.52 bits per heavy atom. The summed E-state index contributed by atoms with van der Waals surface area (Å²) >= 11 is 0. The molecule has 0 aromatic heterocycles. The normalized spacial score (nSPS) is 18.9. The molecule has 1 unspecified atom stereocenters. The Balaban J connectivity index is 1.94. The molecule has 2 heterocycles. The fourth-order valence-electron chi connectivity index (χ4n) is 3.85. The van der Waals surface area contributed by atoms with Crippen LogP contribution in [0.5, 0.6) is 23.0 Å². The van der Waals surface area contributed by atoms with Crippen molar-refractivity contribution in [1.29, 1.82) is 0 Å². The molecule has 0 radical (unpaired) electrons. The first-order valence-corrected chi connectivity index (χ1v) is 8.22. The van der Waals surface area contributed by atoms with Gasteiger partial charge >= 0.3 is 5.97 Å². The summed E-state index contributed by atoms with van der Waals surface area (Å²) in [5.74, 6) is -0.468. The molecule has 2 aliphatic rings. The maximum atomic E-state index is 12.6. The number of rotatable bonds is 1. The number of phenols is 2. The van der Waals surface area contributed by atoms with Crippen LogP contribution in [0, 0.1) is 0 Å². The Labute approximate surface area is 153 Å². The number of phenolic OH excluding ortho intramolecular Hbond substituents is 2. The highest BCUT2D eigenvalue weighted by Crippen LogP contribution is 2.57. The van der Waals surface area contributed by atoms with Crippen LogP contribution in [0.1, 0.15) is 37.4 Å². The number of hydrogen-bond donors (Lipinski definition) is 2. The molecule has 5 rings (SSSR count). The zero-order chi connectivity index (χ0) is 18.8. The monoisotopic (exact) mass is 360 g/mol. The van der Waals surface area contributed by atoms with Crippen LogP contribution in [0.3, 0.4) is 0 Å². The van der Waals surface area contributed by atoms with E-state index in [0.29, 0.717) is 28.5 Å². The van der Waals surface area contributed by atoms with Crippen LogP contribution in [0.25, 0.3) is 0 Å². The van der Waals surface area contributed by atoms with E-state index < -0.39 is 11.6 Å². The molecular weight excluding hydrogens is 348 g/mol. The third kappa shape index (κ3) is 1.84. The first kappa shape index (κ1) is 15.5. The number of ether oxygens (including phenoxy) is 2. The largest absolute Gasteiger partial charge is 0.508 e. The van der Waals surface area contributed by atoms with Crippen LogP contribution in [-0.2, 0) is 10.3 Å². The summed E-state index contributed by atoms with van der Waals surface area (Å²) in [6, 6.07) is 14.4. The summed E-state index contributed by atoms with van der Waals surface area (Å²) in [4.78, 5) is 24.2. The third-order valence-electron chi connectivity index (χ3n) is 5.00. The van der Waals surface area contributed by atoms with Crippen LogP contribution in [0.4, 0.5) is 0 Å². The van der Waals surface area contributed by atoms with Gasteiger partial charge in [-0.1, -0.05) is 18.2 Å². The molecule has 0 saturated heterocycles. The van der Waals surface area contributed by atoms with E-state index in [1.165, 1.54) is 18.2 Å². The van der Waals surface area contributed by atoms with Gasteiger partial charge in [-0.2, -0.15) is 0 Å². The minimum Gasteiger partial charge on any atom is -0.508 e. The minimum atomic E-state index is -1.34. The summed E-state index contributed by atoms with van der Waals surface area (Å²) in [5.41, 5.74) is 0.573. The van der Waals surface area contributed by atoms with Crippen molar-refractivity contribution in [3.05, 3.63) is 82.4 Å². The lowest BCUT2D eigenvalue weighted by molar-refractivity contribution is 0.0224. The maximum absolute atomic E-state index is 12.6. The van der Waals surface area contributed by atoms with Gasteiger partial charge in [-0.15, -0.1) is 0 Å². The molecule has 1 atom stereocenters. The Kier molecular flexibility index (Phi) is 2.92. The second-order valence-electron chi connectivity index (χ2n) is 6.39. The Bertz CT molecular complexity index is 1150. The lowest BCUT2D eigenvalue weighted by Crippen LogP contribution is -2.33. The van der Waals surface area contributed by atoms with Gasteiger partial charge in [0, 0.05) is 22.8 Å². The van der Waals surface area contributed by atoms with E-state index in [2.05, 4.69) is 0 Å². The molecule has 0 bridgehead atoms. The van der Waals surface area contributed by atoms with Gasteiger partial charge in [-0.25, -0.2) is 4.79 Å². The molecule has 132 valence electrons. The smallest absolute Gasteiger partial charge is 0.340 e. The highest BCUT2D eigenvalue weighted by molar-refractivity contribution is 5.97. The number of esters is 1. The summed E-state index contributed by atoms with van der Waals surface area (Å²) in [5, 5.41) is 20.0. The predicted molar refractivity (Wildman–Crippen MR) is 93.4 cm³/mol. The minimum absolute atomic E-state index is 0.0437. The van der Waals surface area contributed by atoms with E-state index >= 15 is 0 Å². The average molecular weight is 360 g/mol. The Hall–Kier alpha value is -3.80. The fraction of sp³-hybridized carbons (Fsp3) is 0.0476. The number of fused-ring (bicyclic) bond motifs is 6. The van der Waals surface area contributed by atoms with Crippen LogP contribution < -0.4 is 4.74 Å². The molecule has 6 heteroatoms. The quantitative estimate of drug-likeness (QED) is 0.510. The first-order valence-electron chi connectivity index (χ1n) is 8.22. The first-order chi connectivity index (χ1) is 13.1. The number of hydrogen-bond acceptors (Lipinski definition) is 6. The van der Waals surface area contributed by atoms with Crippen molar-refractivity contribution in [1.82, 2.24) is 0 Å². The van der Waals surface area contributed by atoms with E-state index in [9.17, 15) is 19.8 Å². The van der Waals surface area contributed by atoms with E-state index in [-0.39, 0.29) is 28.6 Å². The number of carbonyl (C=O) groups is 2. The van der Waals surface area contributed by atoms with Crippen LogP contribution in [0.15, 0.2) is 54.6 Å². The highest BCUT2D eigenvalue weighted by atomic mass is 16.6. The molecule has 3 aromatic rings. The number of aromatic hydroxyl groups is 2. The second kappa shape index (κ2) is 5.11. The standard InChI is InChI=1S/C21H12O6/c22-10-13-17(24)8-7-16-19(13)26-18-9-11(23)5-6-15(18)21(16)14-4-2-1-3-12(14)20(25)27-21/h1-10,23-24H. The van der Waals surface area contributed by atoms with Crippen molar-refractivity contribution in [3.8, 4) is 23.0 Å². The van der Waals surface area contributed by atoms with Gasteiger partial charge < -0.3 is 19.7 Å². The molecule has 0 amide bonds. The summed E-state index contributed by atoms with van der Waals surface area (Å²) in [6.07, 6.45) is 0.484. The highest BCUT2D eigenvalue weighted by Gasteiger charge is 2.54. The molecule has 6 nitrogen and oxygen atoms in total. The number of benzene rings is 3. The summed E-state index contributed by atoms with van der Waals surface area (Å²) < 4.78 is 11.7. The van der Waals surface area contributed by atoms with E-state index in [4.69, 9.17) is 9.47 Å². The van der Waals surface area contributed by atoms with Gasteiger partial charge in [0.1, 0.15) is 23.0 Å². The van der Waals surface area contributed by atoms with Crippen molar-refractivity contribution in [2.24, 2.45) is 0 Å². The predicted octanol–water partition coefficient (Wildman–Crippen LogP) is 3.48. The van der Waals surface area contributed by atoms with Gasteiger partial charge in [0.25, 0.3) is 0 Å². The summed E-state index contributed by atoms with van der Waals surface area (Å²) in [6.45, 7) is 0. The second-order valence-corrected chi connectivity index (χ2v) is 6.39. The van der Waals surface area contributed by atoms with Crippen LogP contribution in [0.2, 0.25) is 0 Å². The summed E-state index contributed by atoms with van der Waals surface area (Å²) in [7, 11) is 0. The molecule has 27 heavy (non-hydrogen) atoms. The van der Waals surface area contributed by atoms with Crippen molar-refractivity contribution >= 4 is 12.3 Å². The molecule has 0 aliphatic carbocycles. The van der Waals surface area contributed by atoms with Crippen LogP contribution in [-0.4, -0.2) is 22.5 Å². The van der Waals surface area contributed by atoms with Crippen molar-refractivity contribution in [2.75, 3.05) is 0 Å². The van der Waals surface area contributed by atoms with Crippen molar-refractivity contribution < 1.29 is 29.3 Å². The lowest BCUT2D eigenvalue weighted by atomic mass is 9.77. The molecule has 2 aliphatic heterocycles. The SMILES string of the molecule is O=Cc1c(O)ccc2c1Oc1cc(O)ccc1C21OC(=O)c2ccccc21. The zero-order valence-electron chi connectivity index (χ0n) is 13.8. The Morgan fingerprint density at radius 2 is 1.70 bits per heavy atom. The molecule has 0 saturated carbocycles. The maximum Gasteiger partial charge on any atom is 0.340 e. The third-order valence-corrected chi connectivity index (χ3v) is 5.00. The molecule has 0 fully saturated rings. The van der Waals surface area contributed by atoms with E-state index in [0.717, 1.165) is 0 Å². The zero-order valence-corrected chi connectivity index (χ0v) is 13.8. The van der Waals surface area contributed by atoms with E-state index in [1.54, 1.807) is 36.4 Å². The van der Waals surface area contributed by atoms with Gasteiger partial charge in [-0.05, 0) is 30.3 Å². The van der Waals surface area contributed by atoms with Crippen molar-refractivity contribution in [3.63, 3.8) is 0 Å². The van der Waals surface area contributed by atoms with Crippen molar-refractivity contribution in [2.45, 2.75) is 5.60 Å². The number of aldehydes is 1. The fourth-order valence-corrected chi connectivity index (χ4v) is 3.85. The molecule has 3 aromatic carbocycles. The molecular formula is C21H12O6. The van der Waals surface area contributed by atoms with Gasteiger partial charge in [-0.3, -0.25) is 4.79 Å². The lowest BCUT2D eigenvalue weighted by Gasteiger charge is -2.37. The Morgan fingerprint density at radius 1 is 0.926 bits per heavy atom. The van der Waals surface area contributed by atoms with Gasteiger partial charge in [0.2, 0.25) is 0 Å². The van der Waals surface area contributed by atoms with Gasteiger partial charge in [0.05, 0.1) is 11.1 Å².